The Hall–Kier alpha value is -4.09. The van der Waals surface area contributed by atoms with E-state index in [-0.39, 0.29) is 0 Å². The first kappa shape index (κ1) is 20.5. The number of hydrogen-bond acceptors (Lipinski definition) is 3. The standard InChI is InChI=1S/C29H19BrN4/c30-25-15-22(21-10-7-13-31-18-21)14-23(16-25)28-33-27-17-24(20-8-3-1-4-9-20)19-32-29(27)34(28)26-11-5-2-6-12-26/h1-19H. The molecule has 6 aromatic rings. The van der Waals surface area contributed by atoms with Gasteiger partial charge in [0.25, 0.3) is 0 Å². The van der Waals surface area contributed by atoms with Crippen LogP contribution in [0.2, 0.25) is 0 Å². The summed E-state index contributed by atoms with van der Waals surface area (Å²) in [7, 11) is 0. The van der Waals surface area contributed by atoms with Gasteiger partial charge >= 0.3 is 0 Å². The topological polar surface area (TPSA) is 43.6 Å². The van der Waals surface area contributed by atoms with Gasteiger partial charge in [0.05, 0.1) is 0 Å². The summed E-state index contributed by atoms with van der Waals surface area (Å²) in [6.45, 7) is 0. The van der Waals surface area contributed by atoms with Crippen LogP contribution >= 0.6 is 15.9 Å². The third-order valence-corrected chi connectivity index (χ3v) is 6.23. The van der Waals surface area contributed by atoms with Gasteiger partial charge in [0.1, 0.15) is 11.3 Å². The van der Waals surface area contributed by atoms with E-state index in [0.717, 1.165) is 55.0 Å². The van der Waals surface area contributed by atoms with Crippen LogP contribution in [0.15, 0.2) is 120 Å². The van der Waals surface area contributed by atoms with Crippen molar-refractivity contribution >= 4 is 27.1 Å². The van der Waals surface area contributed by atoms with Crippen LogP contribution in [0.1, 0.15) is 0 Å². The molecule has 0 fully saturated rings. The van der Waals surface area contributed by atoms with E-state index in [1.165, 1.54) is 0 Å². The lowest BCUT2D eigenvalue weighted by molar-refractivity contribution is 1.08. The number of para-hydroxylation sites is 1. The van der Waals surface area contributed by atoms with Gasteiger partial charge in [-0.05, 0) is 53.6 Å². The third kappa shape index (κ3) is 3.80. The van der Waals surface area contributed by atoms with Crippen molar-refractivity contribution in [2.24, 2.45) is 0 Å². The Balaban J connectivity index is 1.59. The first-order valence-corrected chi connectivity index (χ1v) is 11.8. The molecule has 0 amide bonds. The second kappa shape index (κ2) is 8.69. The van der Waals surface area contributed by atoms with Crippen LogP contribution in [-0.4, -0.2) is 19.5 Å². The normalized spacial score (nSPS) is 11.1. The Labute approximate surface area is 205 Å². The zero-order chi connectivity index (χ0) is 22.9. The van der Waals surface area contributed by atoms with E-state index in [1.54, 1.807) is 6.20 Å². The lowest BCUT2D eigenvalue weighted by Crippen LogP contribution is -1.99. The van der Waals surface area contributed by atoms with Gasteiger partial charge in [-0.25, -0.2) is 9.97 Å². The minimum atomic E-state index is 0.823. The average molecular weight is 503 g/mol. The van der Waals surface area contributed by atoms with E-state index in [4.69, 9.17) is 9.97 Å². The van der Waals surface area contributed by atoms with Gasteiger partial charge in [0, 0.05) is 45.4 Å². The number of fused-ring (bicyclic) bond motifs is 1. The molecule has 3 aromatic carbocycles. The van der Waals surface area contributed by atoms with Crippen LogP contribution < -0.4 is 0 Å². The smallest absolute Gasteiger partial charge is 0.164 e. The Morgan fingerprint density at radius 3 is 2.12 bits per heavy atom. The Bertz CT molecular complexity index is 1590. The molecule has 5 heteroatoms. The Kier molecular flexibility index (Phi) is 5.24. The highest BCUT2D eigenvalue weighted by atomic mass is 79.9. The first-order valence-electron chi connectivity index (χ1n) is 11.0. The first-order chi connectivity index (χ1) is 16.8. The van der Waals surface area contributed by atoms with Gasteiger partial charge in [-0.1, -0.05) is 70.5 Å². The molecule has 0 aliphatic heterocycles. The number of halogens is 1. The molecule has 0 N–H and O–H groups in total. The van der Waals surface area contributed by atoms with Crippen molar-refractivity contribution in [3.63, 3.8) is 0 Å². The van der Waals surface area contributed by atoms with Crippen molar-refractivity contribution in [3.05, 3.63) is 120 Å². The van der Waals surface area contributed by atoms with Crippen molar-refractivity contribution in [2.45, 2.75) is 0 Å². The molecule has 3 aromatic heterocycles. The maximum Gasteiger partial charge on any atom is 0.164 e. The monoisotopic (exact) mass is 502 g/mol. The summed E-state index contributed by atoms with van der Waals surface area (Å²) in [6, 6.07) is 33.0. The van der Waals surface area contributed by atoms with E-state index in [9.17, 15) is 0 Å². The summed E-state index contributed by atoms with van der Waals surface area (Å²) in [6.07, 6.45) is 5.58. The summed E-state index contributed by atoms with van der Waals surface area (Å²) in [4.78, 5) is 14.2. The summed E-state index contributed by atoms with van der Waals surface area (Å²) in [5.74, 6) is 0.838. The van der Waals surface area contributed by atoms with E-state index >= 15 is 0 Å². The highest BCUT2D eigenvalue weighted by Crippen LogP contribution is 2.34. The maximum absolute atomic E-state index is 5.09. The zero-order valence-corrected chi connectivity index (χ0v) is 19.7. The van der Waals surface area contributed by atoms with E-state index < -0.39 is 0 Å². The number of rotatable bonds is 4. The summed E-state index contributed by atoms with van der Waals surface area (Å²) >= 11 is 3.70. The van der Waals surface area contributed by atoms with Crippen molar-refractivity contribution in [3.8, 4) is 39.3 Å². The molecule has 0 radical (unpaired) electrons. The fourth-order valence-corrected chi connectivity index (χ4v) is 4.68. The SMILES string of the molecule is Brc1cc(-c2cccnc2)cc(-c2nc3cc(-c4ccccc4)cnc3n2-c2ccccc2)c1. The molecule has 3 heterocycles. The molecule has 4 nitrogen and oxygen atoms in total. The molecular weight excluding hydrogens is 484 g/mol. The van der Waals surface area contributed by atoms with E-state index in [0.29, 0.717) is 0 Å². The van der Waals surface area contributed by atoms with Crippen molar-refractivity contribution in [1.82, 2.24) is 19.5 Å². The van der Waals surface area contributed by atoms with Crippen LogP contribution in [0.3, 0.4) is 0 Å². The Morgan fingerprint density at radius 2 is 1.35 bits per heavy atom. The molecule has 0 spiro atoms. The minimum Gasteiger partial charge on any atom is -0.277 e. The molecular formula is C29H19BrN4. The average Bonchev–Trinajstić information content (AvgIpc) is 3.29. The van der Waals surface area contributed by atoms with Gasteiger partial charge in [0.2, 0.25) is 0 Å². The van der Waals surface area contributed by atoms with Crippen LogP contribution in [-0.2, 0) is 0 Å². The number of aromatic nitrogens is 4. The third-order valence-electron chi connectivity index (χ3n) is 5.77. The van der Waals surface area contributed by atoms with Gasteiger partial charge in [0.15, 0.2) is 5.65 Å². The van der Waals surface area contributed by atoms with Crippen molar-refractivity contribution < 1.29 is 0 Å². The summed E-state index contributed by atoms with van der Waals surface area (Å²) < 4.78 is 3.10. The van der Waals surface area contributed by atoms with Gasteiger partial charge in [-0.15, -0.1) is 0 Å². The number of benzene rings is 3. The predicted molar refractivity (Wildman–Crippen MR) is 141 cm³/mol. The molecule has 0 aliphatic carbocycles. The second-order valence-corrected chi connectivity index (χ2v) is 8.93. The van der Waals surface area contributed by atoms with Crippen LogP contribution in [0.5, 0.6) is 0 Å². The number of pyridine rings is 2. The molecule has 0 bridgehead atoms. The fourth-order valence-electron chi connectivity index (χ4n) is 4.19. The lowest BCUT2D eigenvalue weighted by atomic mass is 10.0. The van der Waals surface area contributed by atoms with E-state index in [2.05, 4.69) is 80.1 Å². The quantitative estimate of drug-likeness (QED) is 0.249. The van der Waals surface area contributed by atoms with Gasteiger partial charge in [-0.3, -0.25) is 9.55 Å². The largest absolute Gasteiger partial charge is 0.277 e. The molecule has 0 unspecified atom stereocenters. The maximum atomic E-state index is 5.09. The second-order valence-electron chi connectivity index (χ2n) is 8.01. The molecule has 162 valence electrons. The highest BCUT2D eigenvalue weighted by molar-refractivity contribution is 9.10. The van der Waals surface area contributed by atoms with Crippen LogP contribution in [0.25, 0.3) is 50.5 Å². The zero-order valence-electron chi connectivity index (χ0n) is 18.1. The number of imidazole rings is 1. The van der Waals surface area contributed by atoms with Crippen LogP contribution in [0, 0.1) is 0 Å². The molecule has 0 atom stereocenters. The van der Waals surface area contributed by atoms with E-state index in [1.807, 2.05) is 54.9 Å². The molecule has 34 heavy (non-hydrogen) atoms. The predicted octanol–water partition coefficient (Wildman–Crippen LogP) is 7.58. The Morgan fingerprint density at radius 1 is 0.618 bits per heavy atom. The molecule has 0 saturated heterocycles. The highest BCUT2D eigenvalue weighted by Gasteiger charge is 2.17. The van der Waals surface area contributed by atoms with Crippen molar-refractivity contribution in [1.29, 1.82) is 0 Å². The summed E-state index contributed by atoms with van der Waals surface area (Å²) in [5.41, 5.74) is 7.97. The molecule has 0 saturated carbocycles. The molecule has 6 rings (SSSR count). The lowest BCUT2D eigenvalue weighted by Gasteiger charge is -2.11. The summed E-state index contributed by atoms with van der Waals surface area (Å²) in [5, 5.41) is 0. The molecule has 0 aliphatic rings. The van der Waals surface area contributed by atoms with Crippen molar-refractivity contribution in [2.75, 3.05) is 0 Å². The number of nitrogens with zero attached hydrogens (tertiary/aromatic N) is 4. The van der Waals surface area contributed by atoms with Gasteiger partial charge < -0.3 is 0 Å². The van der Waals surface area contributed by atoms with Gasteiger partial charge in [-0.2, -0.15) is 0 Å². The fraction of sp³-hybridized carbons (Fsp3) is 0. The van der Waals surface area contributed by atoms with Crippen LogP contribution in [0.4, 0.5) is 0 Å². The number of hydrogen-bond donors (Lipinski definition) is 0. The minimum absolute atomic E-state index is 0.823.